The normalized spacial score (nSPS) is 26.5. The summed E-state index contributed by atoms with van der Waals surface area (Å²) in [6.07, 6.45) is -3.34. The standard InChI is InChI=1S/C13H20F2N4O4/c1-22-6-2-4-17-7-8-10(20)13(14,15)11(23-8)19-5-3-9(16)18-12(19)21/h3,5,8,10-11,17,20H,2,4,6-7H2,1H3,(H2,16,18,21)/t8?,10-,11-/m1/s1. The van der Waals surface area contributed by atoms with E-state index in [2.05, 4.69) is 10.3 Å². The van der Waals surface area contributed by atoms with E-state index in [0.717, 1.165) is 6.20 Å². The summed E-state index contributed by atoms with van der Waals surface area (Å²) < 4.78 is 39.1. The molecule has 1 saturated heterocycles. The first-order valence-corrected chi connectivity index (χ1v) is 7.13. The number of nitrogens with two attached hydrogens (primary N) is 1. The van der Waals surface area contributed by atoms with Gasteiger partial charge in [-0.05, 0) is 19.0 Å². The van der Waals surface area contributed by atoms with Gasteiger partial charge in [0.1, 0.15) is 18.0 Å². The lowest BCUT2D eigenvalue weighted by Gasteiger charge is -2.20. The number of rotatable bonds is 7. The van der Waals surface area contributed by atoms with Crippen molar-refractivity contribution in [2.24, 2.45) is 0 Å². The van der Waals surface area contributed by atoms with E-state index in [1.807, 2.05) is 0 Å². The molecule has 2 rings (SSSR count). The van der Waals surface area contributed by atoms with Crippen molar-refractivity contribution in [3.63, 3.8) is 0 Å². The van der Waals surface area contributed by atoms with E-state index in [4.69, 9.17) is 15.2 Å². The fraction of sp³-hybridized carbons (Fsp3) is 0.692. The van der Waals surface area contributed by atoms with Gasteiger partial charge in [0.2, 0.25) is 6.23 Å². The minimum atomic E-state index is -3.62. The number of ether oxygens (including phenoxy) is 2. The average Bonchev–Trinajstić information content (AvgIpc) is 2.71. The maximum atomic E-state index is 14.2. The molecule has 1 aliphatic heterocycles. The van der Waals surface area contributed by atoms with Gasteiger partial charge >= 0.3 is 11.6 Å². The van der Waals surface area contributed by atoms with E-state index in [1.54, 1.807) is 7.11 Å². The predicted molar refractivity (Wildman–Crippen MR) is 77.1 cm³/mol. The quantitative estimate of drug-likeness (QED) is 0.568. The topological polar surface area (TPSA) is 112 Å². The Bertz CT molecular complexity index is 583. The Hall–Kier alpha value is -1.62. The van der Waals surface area contributed by atoms with E-state index >= 15 is 0 Å². The SMILES string of the molecule is COCCCNCC1O[C@@H](n2ccc(N)nc2=O)C(F)(F)[C@@H]1O. The number of nitrogens with one attached hydrogen (secondary N) is 1. The highest BCUT2D eigenvalue weighted by atomic mass is 19.3. The number of aromatic nitrogens is 2. The smallest absolute Gasteiger partial charge is 0.351 e. The third-order valence-electron chi connectivity index (χ3n) is 3.53. The van der Waals surface area contributed by atoms with E-state index in [-0.39, 0.29) is 12.4 Å². The van der Waals surface area contributed by atoms with E-state index in [1.165, 1.54) is 6.07 Å². The van der Waals surface area contributed by atoms with Crippen molar-refractivity contribution in [2.45, 2.75) is 30.8 Å². The molecule has 2 heterocycles. The first-order chi connectivity index (χ1) is 10.9. The molecule has 10 heteroatoms. The van der Waals surface area contributed by atoms with Crippen LogP contribution in [0.2, 0.25) is 0 Å². The molecule has 0 amide bonds. The van der Waals surface area contributed by atoms with Gasteiger partial charge < -0.3 is 25.6 Å². The summed E-state index contributed by atoms with van der Waals surface area (Å²) in [5.41, 5.74) is 4.37. The molecule has 0 spiro atoms. The van der Waals surface area contributed by atoms with Gasteiger partial charge in [-0.2, -0.15) is 13.8 Å². The van der Waals surface area contributed by atoms with Crippen LogP contribution in [-0.4, -0.2) is 59.6 Å². The van der Waals surface area contributed by atoms with Gasteiger partial charge in [-0.3, -0.25) is 4.57 Å². The fourth-order valence-electron chi connectivity index (χ4n) is 2.33. The van der Waals surface area contributed by atoms with E-state index < -0.39 is 30.0 Å². The molecular formula is C13H20F2N4O4. The summed E-state index contributed by atoms with van der Waals surface area (Å²) in [4.78, 5) is 15.1. The molecule has 0 saturated carbocycles. The minimum Gasteiger partial charge on any atom is -0.385 e. The first-order valence-electron chi connectivity index (χ1n) is 7.13. The van der Waals surface area contributed by atoms with Gasteiger partial charge in [0, 0.05) is 26.5 Å². The van der Waals surface area contributed by atoms with Crippen LogP contribution in [-0.2, 0) is 9.47 Å². The maximum absolute atomic E-state index is 14.2. The number of aliphatic hydroxyl groups is 1. The molecule has 23 heavy (non-hydrogen) atoms. The summed E-state index contributed by atoms with van der Waals surface area (Å²) in [6.45, 7) is 1.08. The Morgan fingerprint density at radius 1 is 1.61 bits per heavy atom. The number of halogens is 2. The summed E-state index contributed by atoms with van der Waals surface area (Å²) in [5.74, 6) is -3.70. The molecule has 1 aromatic rings. The van der Waals surface area contributed by atoms with Crippen LogP contribution in [0, 0.1) is 0 Å². The van der Waals surface area contributed by atoms with Crippen LogP contribution in [0.4, 0.5) is 14.6 Å². The number of alkyl halides is 2. The summed E-state index contributed by atoms with van der Waals surface area (Å²) in [6, 6.07) is 1.21. The third kappa shape index (κ3) is 3.83. The Kier molecular flexibility index (Phi) is 5.63. The Balaban J connectivity index is 2.06. The van der Waals surface area contributed by atoms with Crippen molar-refractivity contribution >= 4 is 5.82 Å². The molecule has 3 atom stereocenters. The minimum absolute atomic E-state index is 0.0219. The number of hydrogen-bond acceptors (Lipinski definition) is 7. The van der Waals surface area contributed by atoms with Crippen molar-refractivity contribution in [1.82, 2.24) is 14.9 Å². The molecule has 0 bridgehead atoms. The van der Waals surface area contributed by atoms with Crippen molar-refractivity contribution in [3.05, 3.63) is 22.7 Å². The lowest BCUT2D eigenvalue weighted by atomic mass is 10.1. The van der Waals surface area contributed by atoms with Crippen LogP contribution in [0.25, 0.3) is 0 Å². The van der Waals surface area contributed by atoms with Gasteiger partial charge in [0.25, 0.3) is 0 Å². The zero-order valence-electron chi connectivity index (χ0n) is 12.6. The predicted octanol–water partition coefficient (Wildman–Crippen LogP) is -0.655. The number of anilines is 1. The Morgan fingerprint density at radius 3 is 3.00 bits per heavy atom. The highest BCUT2D eigenvalue weighted by Gasteiger charge is 2.59. The molecule has 8 nitrogen and oxygen atoms in total. The van der Waals surface area contributed by atoms with Gasteiger partial charge in [0.05, 0.1) is 0 Å². The van der Waals surface area contributed by atoms with Crippen molar-refractivity contribution in [1.29, 1.82) is 0 Å². The number of nitrogens with zero attached hydrogens (tertiary/aromatic N) is 2. The number of methoxy groups -OCH3 is 1. The number of nitrogen functional groups attached to an aromatic ring is 1. The molecule has 0 aliphatic carbocycles. The van der Waals surface area contributed by atoms with Crippen molar-refractivity contribution < 1.29 is 23.4 Å². The molecule has 1 fully saturated rings. The summed E-state index contributed by atoms with van der Waals surface area (Å²) >= 11 is 0. The third-order valence-corrected chi connectivity index (χ3v) is 3.53. The number of hydrogen-bond donors (Lipinski definition) is 3. The van der Waals surface area contributed by atoms with E-state index in [0.29, 0.717) is 24.1 Å². The van der Waals surface area contributed by atoms with Crippen LogP contribution < -0.4 is 16.7 Å². The second kappa shape index (κ2) is 7.30. The van der Waals surface area contributed by atoms with Gasteiger partial charge in [-0.25, -0.2) is 4.79 Å². The highest BCUT2D eigenvalue weighted by molar-refractivity contribution is 5.23. The largest absolute Gasteiger partial charge is 0.385 e. The van der Waals surface area contributed by atoms with E-state index in [9.17, 15) is 18.7 Å². The van der Waals surface area contributed by atoms with Crippen LogP contribution in [0.1, 0.15) is 12.6 Å². The van der Waals surface area contributed by atoms with Gasteiger partial charge in [0.15, 0.2) is 0 Å². The summed E-state index contributed by atoms with van der Waals surface area (Å²) in [7, 11) is 1.56. The molecule has 1 aromatic heterocycles. The molecule has 1 unspecified atom stereocenters. The zero-order chi connectivity index (χ0) is 17.0. The average molecular weight is 334 g/mol. The first kappa shape index (κ1) is 17.7. The van der Waals surface area contributed by atoms with Crippen LogP contribution >= 0.6 is 0 Å². The lowest BCUT2D eigenvalue weighted by molar-refractivity contribution is -0.140. The molecule has 0 aromatic carbocycles. The van der Waals surface area contributed by atoms with Gasteiger partial charge in [-0.1, -0.05) is 0 Å². The highest BCUT2D eigenvalue weighted by Crippen LogP contribution is 2.41. The van der Waals surface area contributed by atoms with Gasteiger partial charge in [-0.15, -0.1) is 0 Å². The molecule has 1 aliphatic rings. The van der Waals surface area contributed by atoms with Crippen LogP contribution in [0.3, 0.4) is 0 Å². The Labute approximate surface area is 131 Å². The van der Waals surface area contributed by atoms with Crippen LogP contribution in [0.15, 0.2) is 17.1 Å². The molecule has 0 radical (unpaired) electrons. The van der Waals surface area contributed by atoms with Crippen molar-refractivity contribution in [2.75, 3.05) is 32.5 Å². The van der Waals surface area contributed by atoms with Crippen LogP contribution in [0.5, 0.6) is 0 Å². The number of aliphatic hydroxyl groups excluding tert-OH is 1. The van der Waals surface area contributed by atoms with Crippen molar-refractivity contribution in [3.8, 4) is 0 Å². The second-order valence-corrected chi connectivity index (χ2v) is 5.24. The Morgan fingerprint density at radius 2 is 2.35 bits per heavy atom. The fourth-order valence-corrected chi connectivity index (χ4v) is 2.33. The molecular weight excluding hydrogens is 314 g/mol. The molecule has 4 N–H and O–H groups in total. The summed E-state index contributed by atoms with van der Waals surface area (Å²) in [5, 5.41) is 12.7. The zero-order valence-corrected chi connectivity index (χ0v) is 12.6. The second-order valence-electron chi connectivity index (χ2n) is 5.24. The molecule has 130 valence electrons. The lowest BCUT2D eigenvalue weighted by Crippen LogP contribution is -2.43. The maximum Gasteiger partial charge on any atom is 0.351 e. The monoisotopic (exact) mass is 334 g/mol.